The van der Waals surface area contributed by atoms with Crippen LogP contribution in [0.2, 0.25) is 0 Å². The van der Waals surface area contributed by atoms with Crippen molar-refractivity contribution >= 4 is 11.9 Å². The molecule has 0 amide bonds. The summed E-state index contributed by atoms with van der Waals surface area (Å²) >= 11 is 0. The largest absolute Gasteiger partial charge is 0.481 e. The molecule has 0 spiro atoms. The molecule has 4 atom stereocenters. The first-order valence-corrected chi connectivity index (χ1v) is 8.90. The zero-order valence-electron chi connectivity index (χ0n) is 15.3. The van der Waals surface area contributed by atoms with E-state index in [0.717, 1.165) is 29.7 Å². The van der Waals surface area contributed by atoms with Crippen LogP contribution < -0.4 is 0 Å². The highest BCUT2D eigenvalue weighted by Gasteiger charge is 2.55. The summed E-state index contributed by atoms with van der Waals surface area (Å²) in [6, 6.07) is 0. The van der Waals surface area contributed by atoms with Gasteiger partial charge in [-0.25, -0.2) is 4.79 Å². The first kappa shape index (κ1) is 17.8. The van der Waals surface area contributed by atoms with Crippen molar-refractivity contribution < 1.29 is 23.8 Å². The zero-order chi connectivity index (χ0) is 18.4. The molecule has 3 rings (SSSR count). The van der Waals surface area contributed by atoms with E-state index in [-0.39, 0.29) is 5.92 Å². The van der Waals surface area contributed by atoms with Gasteiger partial charge in [-0.3, -0.25) is 4.79 Å². The van der Waals surface area contributed by atoms with Crippen molar-refractivity contribution in [3.63, 3.8) is 0 Å². The standard InChI is InChI=1S/C20H26O5/c1-5-11(2)19(23)25-15-7-6-13-8-16-14(12(3)10-24-16)9-20(13,4)17(15)18(21)22/h5,10,13,15,17H,6-9H2,1-4H3,(H,21,22)/b11-5-/t13-,15+,17-,20-/m1/s1. The Morgan fingerprint density at radius 1 is 1.40 bits per heavy atom. The number of esters is 1. The Morgan fingerprint density at radius 2 is 2.12 bits per heavy atom. The van der Waals surface area contributed by atoms with Gasteiger partial charge in [-0.15, -0.1) is 0 Å². The molecule has 1 saturated carbocycles. The fourth-order valence-electron chi connectivity index (χ4n) is 4.58. The number of aliphatic carboxylic acids is 1. The van der Waals surface area contributed by atoms with Crippen molar-refractivity contribution in [2.75, 3.05) is 0 Å². The molecule has 5 heteroatoms. The fourth-order valence-corrected chi connectivity index (χ4v) is 4.58. The minimum atomic E-state index is -0.882. The van der Waals surface area contributed by atoms with Crippen LogP contribution in [0, 0.1) is 24.2 Å². The van der Waals surface area contributed by atoms with Crippen LogP contribution in [-0.2, 0) is 27.2 Å². The molecule has 1 aromatic heterocycles. The summed E-state index contributed by atoms with van der Waals surface area (Å²) in [7, 11) is 0. The highest BCUT2D eigenvalue weighted by Crippen LogP contribution is 2.53. The van der Waals surface area contributed by atoms with Crippen molar-refractivity contribution in [1.29, 1.82) is 0 Å². The number of aryl methyl sites for hydroxylation is 1. The van der Waals surface area contributed by atoms with Crippen LogP contribution in [-0.4, -0.2) is 23.1 Å². The Morgan fingerprint density at radius 3 is 2.76 bits per heavy atom. The van der Waals surface area contributed by atoms with Crippen LogP contribution in [0.1, 0.15) is 50.5 Å². The normalized spacial score (nSPS) is 31.8. The van der Waals surface area contributed by atoms with Gasteiger partial charge >= 0.3 is 11.9 Å². The number of carbonyl (C=O) groups excluding carboxylic acids is 1. The van der Waals surface area contributed by atoms with Crippen molar-refractivity contribution in [2.45, 2.75) is 59.5 Å². The average molecular weight is 346 g/mol. The Balaban J connectivity index is 1.93. The predicted molar refractivity (Wildman–Crippen MR) is 92.1 cm³/mol. The van der Waals surface area contributed by atoms with Gasteiger partial charge in [0.25, 0.3) is 0 Å². The second kappa shape index (κ2) is 6.36. The molecule has 0 aliphatic heterocycles. The number of carboxylic acid groups (broad SMARTS) is 1. The molecule has 5 nitrogen and oxygen atoms in total. The predicted octanol–water partition coefficient (Wildman–Crippen LogP) is 3.68. The lowest BCUT2D eigenvalue weighted by molar-refractivity contribution is -0.173. The molecule has 0 aromatic carbocycles. The van der Waals surface area contributed by atoms with Gasteiger partial charge in [0.05, 0.1) is 12.2 Å². The number of carbonyl (C=O) groups is 2. The van der Waals surface area contributed by atoms with E-state index in [1.54, 1.807) is 26.2 Å². The van der Waals surface area contributed by atoms with Crippen LogP contribution in [0.4, 0.5) is 0 Å². The van der Waals surface area contributed by atoms with Crippen LogP contribution in [0.3, 0.4) is 0 Å². The van der Waals surface area contributed by atoms with Crippen LogP contribution in [0.25, 0.3) is 0 Å². The number of fused-ring (bicyclic) bond motifs is 2. The lowest BCUT2D eigenvalue weighted by Crippen LogP contribution is -2.54. The van der Waals surface area contributed by atoms with Crippen molar-refractivity contribution in [1.82, 2.24) is 0 Å². The van der Waals surface area contributed by atoms with E-state index < -0.39 is 29.4 Å². The molecule has 0 bridgehead atoms. The van der Waals surface area contributed by atoms with E-state index in [1.807, 2.05) is 13.8 Å². The summed E-state index contributed by atoms with van der Waals surface area (Å²) < 4.78 is 11.3. The number of ether oxygens (including phenoxy) is 1. The molecule has 1 aromatic rings. The average Bonchev–Trinajstić information content (AvgIpc) is 2.90. The quantitative estimate of drug-likeness (QED) is 0.667. The first-order valence-electron chi connectivity index (χ1n) is 8.90. The number of rotatable bonds is 3. The number of hydrogen-bond acceptors (Lipinski definition) is 4. The summed E-state index contributed by atoms with van der Waals surface area (Å²) in [5.41, 5.74) is 2.26. The maximum absolute atomic E-state index is 12.2. The first-order chi connectivity index (χ1) is 11.8. The Bertz CT molecular complexity index is 728. The molecule has 2 aliphatic carbocycles. The summed E-state index contributed by atoms with van der Waals surface area (Å²) in [4.78, 5) is 24.3. The molecule has 1 N–H and O–H groups in total. The van der Waals surface area contributed by atoms with Crippen LogP contribution in [0.15, 0.2) is 22.3 Å². The van der Waals surface area contributed by atoms with E-state index in [0.29, 0.717) is 18.4 Å². The molecule has 0 unspecified atom stereocenters. The lowest BCUT2D eigenvalue weighted by Gasteiger charge is -2.50. The highest BCUT2D eigenvalue weighted by atomic mass is 16.5. The molecule has 25 heavy (non-hydrogen) atoms. The third-order valence-electron chi connectivity index (χ3n) is 6.27. The van der Waals surface area contributed by atoms with Gasteiger partial charge in [-0.1, -0.05) is 13.0 Å². The topological polar surface area (TPSA) is 76.7 Å². The number of furan rings is 1. The third-order valence-corrected chi connectivity index (χ3v) is 6.27. The number of hydrogen-bond donors (Lipinski definition) is 1. The second-order valence-electron chi connectivity index (χ2n) is 7.71. The molecule has 0 radical (unpaired) electrons. The zero-order valence-corrected chi connectivity index (χ0v) is 15.3. The molecule has 1 heterocycles. The van der Waals surface area contributed by atoms with E-state index in [2.05, 4.69) is 0 Å². The summed E-state index contributed by atoms with van der Waals surface area (Å²) in [6.45, 7) is 7.49. The summed E-state index contributed by atoms with van der Waals surface area (Å²) in [6.07, 6.45) is 5.69. The molecule has 136 valence electrons. The van der Waals surface area contributed by atoms with Crippen molar-refractivity contribution in [3.05, 3.63) is 34.8 Å². The van der Waals surface area contributed by atoms with E-state index in [4.69, 9.17) is 9.15 Å². The molecular formula is C20H26O5. The Labute approximate surface area is 148 Å². The van der Waals surface area contributed by atoms with Crippen LogP contribution >= 0.6 is 0 Å². The van der Waals surface area contributed by atoms with E-state index in [9.17, 15) is 14.7 Å². The smallest absolute Gasteiger partial charge is 0.333 e. The van der Waals surface area contributed by atoms with Gasteiger partial charge in [-0.2, -0.15) is 0 Å². The number of allylic oxidation sites excluding steroid dienone is 1. The van der Waals surface area contributed by atoms with Gasteiger partial charge in [0.1, 0.15) is 11.9 Å². The van der Waals surface area contributed by atoms with Gasteiger partial charge < -0.3 is 14.3 Å². The van der Waals surface area contributed by atoms with E-state index in [1.165, 1.54) is 0 Å². The SMILES string of the molecule is C/C=C(/C)C(=O)O[C@H]1CC[C@@H]2Cc3occ(C)c3C[C@@]2(C)[C@H]1C(=O)O. The summed E-state index contributed by atoms with van der Waals surface area (Å²) in [5, 5.41) is 9.96. The van der Waals surface area contributed by atoms with Gasteiger partial charge in [0, 0.05) is 12.0 Å². The Kier molecular flexibility index (Phi) is 4.52. The third kappa shape index (κ3) is 2.90. The minimum absolute atomic E-state index is 0.226. The second-order valence-corrected chi connectivity index (χ2v) is 7.71. The summed E-state index contributed by atoms with van der Waals surface area (Å²) in [5.74, 6) is -0.791. The van der Waals surface area contributed by atoms with Gasteiger partial charge in [0.2, 0.25) is 0 Å². The molecule has 1 fully saturated rings. The highest BCUT2D eigenvalue weighted by molar-refractivity contribution is 5.88. The monoisotopic (exact) mass is 346 g/mol. The van der Waals surface area contributed by atoms with Gasteiger partial charge in [0.15, 0.2) is 0 Å². The minimum Gasteiger partial charge on any atom is -0.481 e. The Hall–Kier alpha value is -2.04. The van der Waals surface area contributed by atoms with E-state index >= 15 is 0 Å². The lowest BCUT2D eigenvalue weighted by atomic mass is 9.54. The maximum Gasteiger partial charge on any atom is 0.333 e. The fraction of sp³-hybridized carbons (Fsp3) is 0.600. The van der Waals surface area contributed by atoms with Crippen molar-refractivity contribution in [3.8, 4) is 0 Å². The number of carboxylic acids is 1. The molecular weight excluding hydrogens is 320 g/mol. The van der Waals surface area contributed by atoms with Crippen molar-refractivity contribution in [2.24, 2.45) is 17.3 Å². The van der Waals surface area contributed by atoms with Crippen LogP contribution in [0.5, 0.6) is 0 Å². The maximum atomic E-state index is 12.2. The van der Waals surface area contributed by atoms with Gasteiger partial charge in [-0.05, 0) is 62.5 Å². The molecule has 0 saturated heterocycles. The molecule has 2 aliphatic rings.